The third-order valence-electron chi connectivity index (χ3n) is 5.38. The molecule has 1 aromatic rings. The van der Waals surface area contributed by atoms with Crippen LogP contribution in [0.2, 0.25) is 0 Å². The van der Waals surface area contributed by atoms with Crippen LogP contribution in [0, 0.1) is 0 Å². The molecule has 0 aliphatic carbocycles. The molecule has 1 amide bonds. The van der Waals surface area contributed by atoms with Crippen LogP contribution in [0.25, 0.3) is 0 Å². The quantitative estimate of drug-likeness (QED) is 0.840. The van der Waals surface area contributed by atoms with Gasteiger partial charge in [-0.2, -0.15) is 5.10 Å². The molecule has 6 heteroatoms. The Morgan fingerprint density at radius 1 is 1.39 bits per heavy atom. The summed E-state index contributed by atoms with van der Waals surface area (Å²) < 4.78 is 7.39. The van der Waals surface area contributed by atoms with E-state index in [4.69, 9.17) is 4.74 Å². The summed E-state index contributed by atoms with van der Waals surface area (Å²) >= 11 is 0. The fourth-order valence-electron chi connectivity index (χ4n) is 3.82. The summed E-state index contributed by atoms with van der Waals surface area (Å²) in [7, 11) is 3.75. The van der Waals surface area contributed by atoms with E-state index in [1.807, 2.05) is 22.8 Å². The second-order valence-corrected chi connectivity index (χ2v) is 6.78. The van der Waals surface area contributed by atoms with Crippen molar-refractivity contribution < 1.29 is 9.53 Å². The Kier molecular flexibility index (Phi) is 5.02. The normalized spacial score (nSPS) is 26.8. The average Bonchev–Trinajstić information content (AvgIpc) is 3.20. The number of likely N-dealkylation sites (N-methyl/N-ethyl adjacent to an activating group) is 1. The highest BCUT2D eigenvalue weighted by molar-refractivity contribution is 5.82. The van der Waals surface area contributed by atoms with Crippen LogP contribution in [0.4, 0.5) is 0 Å². The first-order valence-corrected chi connectivity index (χ1v) is 8.66. The molecule has 0 radical (unpaired) electrons. The van der Waals surface area contributed by atoms with E-state index < -0.39 is 0 Å². The zero-order valence-corrected chi connectivity index (χ0v) is 14.4. The van der Waals surface area contributed by atoms with E-state index in [0.717, 1.165) is 45.4 Å². The van der Waals surface area contributed by atoms with Crippen LogP contribution in [0.15, 0.2) is 12.4 Å². The third kappa shape index (κ3) is 3.43. The standard InChI is InChI=1S/C17H28N4O2/c1-4-21-11-14(10-18-21)13-5-7-20(8-6-13)17(22)16-9-15(23-3)12-19(16)2/h10-11,13,15-16H,4-9,12H2,1-3H3/t15-,16-/m0/s1. The van der Waals surface area contributed by atoms with Crippen LogP contribution in [0.1, 0.15) is 37.7 Å². The largest absolute Gasteiger partial charge is 0.380 e. The van der Waals surface area contributed by atoms with Gasteiger partial charge < -0.3 is 9.64 Å². The number of hydrogen-bond donors (Lipinski definition) is 0. The molecule has 2 atom stereocenters. The molecule has 1 aromatic heterocycles. The molecular formula is C17H28N4O2. The summed E-state index contributed by atoms with van der Waals surface area (Å²) in [5.74, 6) is 0.808. The van der Waals surface area contributed by atoms with Gasteiger partial charge >= 0.3 is 0 Å². The predicted octanol–water partition coefficient (Wildman–Crippen LogP) is 1.33. The first-order chi connectivity index (χ1) is 11.1. The van der Waals surface area contributed by atoms with E-state index in [1.165, 1.54) is 5.56 Å². The van der Waals surface area contributed by atoms with Gasteiger partial charge in [-0.15, -0.1) is 0 Å². The molecule has 23 heavy (non-hydrogen) atoms. The molecule has 0 bridgehead atoms. The molecule has 6 nitrogen and oxygen atoms in total. The van der Waals surface area contributed by atoms with E-state index >= 15 is 0 Å². The minimum Gasteiger partial charge on any atom is -0.380 e. The van der Waals surface area contributed by atoms with Crippen LogP contribution in [0.5, 0.6) is 0 Å². The number of piperidine rings is 1. The van der Waals surface area contributed by atoms with Gasteiger partial charge in [-0.3, -0.25) is 14.4 Å². The highest BCUT2D eigenvalue weighted by Crippen LogP contribution is 2.29. The molecular weight excluding hydrogens is 292 g/mol. The molecule has 128 valence electrons. The number of ether oxygens (including phenoxy) is 1. The maximum absolute atomic E-state index is 12.8. The van der Waals surface area contributed by atoms with Gasteiger partial charge in [0.25, 0.3) is 0 Å². The highest BCUT2D eigenvalue weighted by Gasteiger charge is 2.37. The Bertz CT molecular complexity index is 536. The molecule has 0 aromatic carbocycles. The predicted molar refractivity (Wildman–Crippen MR) is 88.3 cm³/mol. The van der Waals surface area contributed by atoms with E-state index in [2.05, 4.69) is 23.1 Å². The molecule has 3 heterocycles. The zero-order valence-electron chi connectivity index (χ0n) is 14.4. The maximum atomic E-state index is 12.8. The van der Waals surface area contributed by atoms with Gasteiger partial charge in [-0.05, 0) is 44.7 Å². The van der Waals surface area contributed by atoms with Crippen LogP contribution >= 0.6 is 0 Å². The number of nitrogens with zero attached hydrogens (tertiary/aromatic N) is 4. The van der Waals surface area contributed by atoms with Gasteiger partial charge in [-0.1, -0.05) is 0 Å². The Labute approximate surface area is 138 Å². The molecule has 0 spiro atoms. The lowest BCUT2D eigenvalue weighted by atomic mass is 9.91. The van der Waals surface area contributed by atoms with Gasteiger partial charge in [0, 0.05) is 39.5 Å². The van der Waals surface area contributed by atoms with E-state index in [1.54, 1.807) is 7.11 Å². The number of rotatable bonds is 4. The summed E-state index contributed by atoms with van der Waals surface area (Å²) in [6.45, 7) is 5.56. The van der Waals surface area contributed by atoms with Crippen LogP contribution in [-0.4, -0.2) is 71.4 Å². The van der Waals surface area contributed by atoms with Crippen molar-refractivity contribution in [3.63, 3.8) is 0 Å². The van der Waals surface area contributed by atoms with Gasteiger partial charge in [-0.25, -0.2) is 0 Å². The van der Waals surface area contributed by atoms with Gasteiger partial charge in [0.1, 0.15) is 0 Å². The van der Waals surface area contributed by atoms with Gasteiger partial charge in [0.2, 0.25) is 5.91 Å². The molecule has 3 rings (SSSR count). The van der Waals surface area contributed by atoms with Crippen molar-refractivity contribution in [1.82, 2.24) is 19.6 Å². The lowest BCUT2D eigenvalue weighted by Crippen LogP contribution is -2.47. The zero-order chi connectivity index (χ0) is 16.4. The molecule has 2 saturated heterocycles. The Morgan fingerprint density at radius 2 is 2.13 bits per heavy atom. The Balaban J connectivity index is 1.55. The van der Waals surface area contributed by atoms with E-state index in [0.29, 0.717) is 5.92 Å². The highest BCUT2D eigenvalue weighted by atomic mass is 16.5. The van der Waals surface area contributed by atoms with Crippen molar-refractivity contribution in [1.29, 1.82) is 0 Å². The average molecular weight is 320 g/mol. The summed E-state index contributed by atoms with van der Waals surface area (Å²) in [4.78, 5) is 17.0. The lowest BCUT2D eigenvalue weighted by Gasteiger charge is -2.34. The molecule has 2 aliphatic rings. The number of carbonyl (C=O) groups excluding carboxylic acids is 1. The minimum atomic E-state index is -0.0145. The topological polar surface area (TPSA) is 50.6 Å². The van der Waals surface area contributed by atoms with Crippen molar-refractivity contribution >= 4 is 5.91 Å². The van der Waals surface area contributed by atoms with Crippen molar-refractivity contribution in [2.24, 2.45) is 0 Å². The number of likely N-dealkylation sites (tertiary alicyclic amines) is 2. The number of aromatic nitrogens is 2. The second kappa shape index (κ2) is 7.01. The SMILES string of the molecule is CCn1cc(C2CCN(C(=O)[C@@H]3C[C@H](OC)CN3C)CC2)cn1. The smallest absolute Gasteiger partial charge is 0.240 e. The minimum absolute atomic E-state index is 0.0145. The summed E-state index contributed by atoms with van der Waals surface area (Å²) in [6, 6.07) is -0.0145. The fraction of sp³-hybridized carbons (Fsp3) is 0.765. The molecule has 2 aliphatic heterocycles. The number of hydrogen-bond acceptors (Lipinski definition) is 4. The van der Waals surface area contributed by atoms with E-state index in [9.17, 15) is 4.79 Å². The summed E-state index contributed by atoms with van der Waals surface area (Å²) in [6.07, 6.45) is 7.20. The van der Waals surface area contributed by atoms with E-state index in [-0.39, 0.29) is 18.1 Å². The second-order valence-electron chi connectivity index (χ2n) is 6.78. The number of aryl methyl sites for hydroxylation is 1. The van der Waals surface area contributed by atoms with Crippen LogP contribution in [-0.2, 0) is 16.1 Å². The number of carbonyl (C=O) groups is 1. The lowest BCUT2D eigenvalue weighted by molar-refractivity contribution is -0.136. The first kappa shape index (κ1) is 16.5. The molecule has 0 saturated carbocycles. The molecule has 0 unspecified atom stereocenters. The monoisotopic (exact) mass is 320 g/mol. The van der Waals surface area contributed by atoms with Gasteiger partial charge in [0.15, 0.2) is 0 Å². The Hall–Kier alpha value is -1.40. The van der Waals surface area contributed by atoms with Crippen molar-refractivity contribution in [2.45, 2.75) is 50.8 Å². The van der Waals surface area contributed by atoms with Gasteiger partial charge in [0.05, 0.1) is 18.3 Å². The van der Waals surface area contributed by atoms with Crippen molar-refractivity contribution in [3.05, 3.63) is 18.0 Å². The number of methoxy groups -OCH3 is 1. The number of amides is 1. The summed E-state index contributed by atoms with van der Waals surface area (Å²) in [5, 5.41) is 4.37. The molecule has 0 N–H and O–H groups in total. The van der Waals surface area contributed by atoms with Crippen molar-refractivity contribution in [2.75, 3.05) is 33.8 Å². The third-order valence-corrected chi connectivity index (χ3v) is 5.38. The van der Waals surface area contributed by atoms with Crippen LogP contribution < -0.4 is 0 Å². The van der Waals surface area contributed by atoms with Crippen LogP contribution in [0.3, 0.4) is 0 Å². The maximum Gasteiger partial charge on any atom is 0.240 e. The molecule has 2 fully saturated rings. The van der Waals surface area contributed by atoms with Crippen molar-refractivity contribution in [3.8, 4) is 0 Å². The first-order valence-electron chi connectivity index (χ1n) is 8.66. The fourth-order valence-corrected chi connectivity index (χ4v) is 3.82. The Morgan fingerprint density at radius 3 is 2.70 bits per heavy atom. The summed E-state index contributed by atoms with van der Waals surface area (Å²) in [5.41, 5.74) is 1.32.